The maximum atomic E-state index is 12.8. The zero-order valence-electron chi connectivity index (χ0n) is 16.7. The minimum Gasteiger partial charge on any atom is -0.350 e. The monoisotopic (exact) mass is 445 g/mol. The van der Waals surface area contributed by atoms with Gasteiger partial charge in [0.2, 0.25) is 10.0 Å². The molecule has 0 aliphatic carbocycles. The van der Waals surface area contributed by atoms with E-state index in [-0.39, 0.29) is 11.8 Å². The summed E-state index contributed by atoms with van der Waals surface area (Å²) in [5, 5.41) is 4.29. The molecule has 4 rings (SSSR count). The first-order valence-corrected chi connectivity index (χ1v) is 11.8. The summed E-state index contributed by atoms with van der Waals surface area (Å²) in [7, 11) is -1.63. The van der Waals surface area contributed by atoms with Gasteiger partial charge in [-0.25, -0.2) is 8.42 Å². The number of aryl methyl sites for hydroxylation is 1. The van der Waals surface area contributed by atoms with E-state index in [1.54, 1.807) is 30.3 Å². The summed E-state index contributed by atoms with van der Waals surface area (Å²) in [4.78, 5) is 13.1. The van der Waals surface area contributed by atoms with Crippen molar-refractivity contribution in [2.75, 3.05) is 19.6 Å². The van der Waals surface area contributed by atoms with Gasteiger partial charge in [0, 0.05) is 37.6 Å². The van der Waals surface area contributed by atoms with Crippen molar-refractivity contribution >= 4 is 38.4 Å². The van der Waals surface area contributed by atoms with Gasteiger partial charge in [-0.1, -0.05) is 48.0 Å². The van der Waals surface area contributed by atoms with Gasteiger partial charge in [-0.05, 0) is 37.0 Å². The number of para-hydroxylation sites is 1. The molecule has 0 spiro atoms. The molecule has 8 heteroatoms. The number of carbonyl (C=O) groups is 1. The van der Waals surface area contributed by atoms with E-state index in [2.05, 4.69) is 5.32 Å². The van der Waals surface area contributed by atoms with Crippen LogP contribution in [0.4, 0.5) is 0 Å². The standard InChI is InChI=1S/C22H24ClN3O3S/c1-25-19-10-6-5-9-18(19)20(23)21(25)22(27)24-15-16-11-13-26(14-12-16)30(28,29)17-7-3-2-4-8-17/h2-10,16H,11-15H2,1H3,(H,24,27). The zero-order valence-corrected chi connectivity index (χ0v) is 18.3. The van der Waals surface area contributed by atoms with Gasteiger partial charge < -0.3 is 9.88 Å². The van der Waals surface area contributed by atoms with E-state index in [1.807, 2.05) is 35.9 Å². The second-order valence-corrected chi connectivity index (χ2v) is 9.93. The molecule has 1 saturated heterocycles. The van der Waals surface area contributed by atoms with Gasteiger partial charge in [-0.2, -0.15) is 4.31 Å². The van der Waals surface area contributed by atoms with Gasteiger partial charge in [-0.3, -0.25) is 4.79 Å². The SMILES string of the molecule is Cn1c(C(=O)NCC2CCN(S(=O)(=O)c3ccccc3)CC2)c(Cl)c2ccccc21. The van der Waals surface area contributed by atoms with Crippen LogP contribution in [-0.4, -0.2) is 42.8 Å². The molecule has 0 saturated carbocycles. The van der Waals surface area contributed by atoms with Gasteiger partial charge in [0.15, 0.2) is 0 Å². The summed E-state index contributed by atoms with van der Waals surface area (Å²) in [5.41, 5.74) is 1.36. The third-order valence-corrected chi connectivity index (χ3v) is 8.06. The Morgan fingerprint density at radius 3 is 2.37 bits per heavy atom. The molecule has 3 aromatic rings. The lowest BCUT2D eigenvalue weighted by Gasteiger charge is -2.31. The Kier molecular flexibility index (Phi) is 5.86. The number of halogens is 1. The van der Waals surface area contributed by atoms with Gasteiger partial charge in [-0.15, -0.1) is 0 Å². The smallest absolute Gasteiger partial charge is 0.269 e. The number of hydrogen-bond donors (Lipinski definition) is 1. The number of rotatable bonds is 5. The molecule has 6 nitrogen and oxygen atoms in total. The average molecular weight is 446 g/mol. The normalized spacial score (nSPS) is 16.1. The number of sulfonamides is 1. The van der Waals surface area contributed by atoms with Crippen molar-refractivity contribution in [3.63, 3.8) is 0 Å². The van der Waals surface area contributed by atoms with Crippen LogP contribution in [0.2, 0.25) is 5.02 Å². The highest BCUT2D eigenvalue weighted by molar-refractivity contribution is 7.89. The lowest BCUT2D eigenvalue weighted by Crippen LogP contribution is -2.41. The third kappa shape index (κ3) is 3.85. The predicted molar refractivity (Wildman–Crippen MR) is 118 cm³/mol. The van der Waals surface area contributed by atoms with Crippen LogP contribution in [0.1, 0.15) is 23.3 Å². The molecule has 0 unspecified atom stereocenters. The van der Waals surface area contributed by atoms with E-state index in [9.17, 15) is 13.2 Å². The molecule has 158 valence electrons. The molecule has 0 atom stereocenters. The summed E-state index contributed by atoms with van der Waals surface area (Å²) in [6.07, 6.45) is 1.41. The molecule has 0 radical (unpaired) electrons. The lowest BCUT2D eigenvalue weighted by molar-refractivity contribution is 0.0934. The highest BCUT2D eigenvalue weighted by Crippen LogP contribution is 2.30. The van der Waals surface area contributed by atoms with Crippen molar-refractivity contribution in [2.24, 2.45) is 13.0 Å². The molecule has 2 aromatic carbocycles. The number of nitrogens with zero attached hydrogens (tertiary/aromatic N) is 2. The lowest BCUT2D eigenvalue weighted by atomic mass is 9.98. The maximum absolute atomic E-state index is 12.8. The van der Waals surface area contributed by atoms with E-state index >= 15 is 0 Å². The molecule has 1 aliphatic heterocycles. The molecule has 1 fully saturated rings. The minimum absolute atomic E-state index is 0.210. The number of carbonyl (C=O) groups excluding carboxylic acids is 1. The number of piperidine rings is 1. The summed E-state index contributed by atoms with van der Waals surface area (Å²) >= 11 is 6.45. The fourth-order valence-corrected chi connectivity index (χ4v) is 5.88. The average Bonchev–Trinajstić information content (AvgIpc) is 3.03. The topological polar surface area (TPSA) is 71.4 Å². The van der Waals surface area contributed by atoms with Crippen LogP contribution in [-0.2, 0) is 17.1 Å². The van der Waals surface area contributed by atoms with Crippen LogP contribution in [0.3, 0.4) is 0 Å². The largest absolute Gasteiger partial charge is 0.350 e. The van der Waals surface area contributed by atoms with Crippen molar-refractivity contribution in [1.29, 1.82) is 0 Å². The second kappa shape index (κ2) is 8.41. The fourth-order valence-electron chi connectivity index (χ4n) is 4.02. The third-order valence-electron chi connectivity index (χ3n) is 5.77. The first-order chi connectivity index (χ1) is 14.4. The van der Waals surface area contributed by atoms with Crippen LogP contribution in [0.15, 0.2) is 59.5 Å². The fraction of sp³-hybridized carbons (Fsp3) is 0.318. The summed E-state index contributed by atoms with van der Waals surface area (Å²) in [5.74, 6) is 0.0164. The Labute approximate surface area is 181 Å². The molecule has 1 aromatic heterocycles. The predicted octanol–water partition coefficient (Wildman–Crippen LogP) is 3.66. The molecular formula is C22H24ClN3O3S. The Hall–Kier alpha value is -2.35. The minimum atomic E-state index is -3.46. The van der Waals surface area contributed by atoms with E-state index in [0.717, 1.165) is 10.9 Å². The van der Waals surface area contributed by atoms with Crippen LogP contribution in [0.25, 0.3) is 10.9 Å². The van der Waals surface area contributed by atoms with E-state index in [0.29, 0.717) is 48.1 Å². The number of nitrogens with one attached hydrogen (secondary N) is 1. The quantitative estimate of drug-likeness (QED) is 0.651. The van der Waals surface area contributed by atoms with E-state index < -0.39 is 10.0 Å². The number of hydrogen-bond acceptors (Lipinski definition) is 3. The van der Waals surface area contributed by atoms with Gasteiger partial charge in [0.1, 0.15) is 5.69 Å². The molecule has 1 aliphatic rings. The number of aromatic nitrogens is 1. The Morgan fingerprint density at radius 1 is 1.07 bits per heavy atom. The number of fused-ring (bicyclic) bond motifs is 1. The van der Waals surface area contributed by atoms with Crippen LogP contribution < -0.4 is 5.32 Å². The summed E-state index contributed by atoms with van der Waals surface area (Å²) in [6.45, 7) is 1.40. The Morgan fingerprint density at radius 2 is 1.70 bits per heavy atom. The first-order valence-electron chi connectivity index (χ1n) is 9.96. The van der Waals surface area contributed by atoms with Crippen molar-refractivity contribution in [3.8, 4) is 0 Å². The van der Waals surface area contributed by atoms with Gasteiger partial charge >= 0.3 is 0 Å². The number of amides is 1. The molecule has 1 amide bonds. The van der Waals surface area contributed by atoms with Crippen molar-refractivity contribution in [1.82, 2.24) is 14.2 Å². The number of benzene rings is 2. The molecule has 0 bridgehead atoms. The highest BCUT2D eigenvalue weighted by Gasteiger charge is 2.29. The van der Waals surface area contributed by atoms with Gasteiger partial charge in [0.05, 0.1) is 9.92 Å². The first kappa shape index (κ1) is 20.9. The van der Waals surface area contributed by atoms with Gasteiger partial charge in [0.25, 0.3) is 5.91 Å². The van der Waals surface area contributed by atoms with Crippen molar-refractivity contribution in [2.45, 2.75) is 17.7 Å². The van der Waals surface area contributed by atoms with Crippen LogP contribution >= 0.6 is 11.6 Å². The zero-order chi connectivity index (χ0) is 21.3. The second-order valence-electron chi connectivity index (χ2n) is 7.61. The molecular weight excluding hydrogens is 422 g/mol. The molecule has 1 N–H and O–H groups in total. The van der Waals surface area contributed by atoms with Crippen LogP contribution in [0, 0.1) is 5.92 Å². The molecule has 2 heterocycles. The van der Waals surface area contributed by atoms with E-state index in [4.69, 9.17) is 11.6 Å². The van der Waals surface area contributed by atoms with E-state index in [1.165, 1.54) is 4.31 Å². The molecule has 30 heavy (non-hydrogen) atoms. The maximum Gasteiger partial charge on any atom is 0.269 e. The highest BCUT2D eigenvalue weighted by atomic mass is 35.5. The van der Waals surface area contributed by atoms with Crippen molar-refractivity contribution < 1.29 is 13.2 Å². The Bertz CT molecular complexity index is 1130. The summed E-state index contributed by atoms with van der Waals surface area (Å²) < 4.78 is 28.8. The van der Waals surface area contributed by atoms with Crippen molar-refractivity contribution in [3.05, 3.63) is 65.3 Å². The Balaban J connectivity index is 1.37. The van der Waals surface area contributed by atoms with Crippen LogP contribution in [0.5, 0.6) is 0 Å². The summed E-state index contributed by atoms with van der Waals surface area (Å²) in [6, 6.07) is 16.1.